The second-order valence-electron chi connectivity index (χ2n) is 9.02. The molecule has 0 aromatic heterocycles. The summed E-state index contributed by atoms with van der Waals surface area (Å²) in [7, 11) is 2.32. The van der Waals surface area contributed by atoms with Gasteiger partial charge < -0.3 is 15.0 Å². The number of anilines is 5. The standard InChI is InChI=1S/C31H22BN2O/c1-20-18-23(22-12-9-17-29-31(22)33-25-14-6-8-16-28(25)35-29)30-27(19-20)34(21-10-3-2-4-11-21)26-15-7-5-13-24(26)32-30/h2-19,33H,1H3. The Morgan fingerprint density at radius 1 is 0.686 bits per heavy atom. The third-order valence-corrected chi connectivity index (χ3v) is 6.72. The van der Waals surface area contributed by atoms with Crippen LogP contribution in [0, 0.1) is 6.92 Å². The zero-order valence-corrected chi connectivity index (χ0v) is 19.3. The quantitative estimate of drug-likeness (QED) is 0.289. The Morgan fingerprint density at radius 3 is 2.37 bits per heavy atom. The maximum Gasteiger partial charge on any atom is 0.197 e. The Bertz CT molecular complexity index is 1600. The highest BCUT2D eigenvalue weighted by molar-refractivity contribution is 6.73. The summed E-state index contributed by atoms with van der Waals surface area (Å²) in [4.78, 5) is 2.37. The van der Waals surface area contributed by atoms with E-state index in [1.54, 1.807) is 0 Å². The summed E-state index contributed by atoms with van der Waals surface area (Å²) in [5.74, 6) is 1.69. The maximum atomic E-state index is 6.28. The van der Waals surface area contributed by atoms with Gasteiger partial charge in [0.2, 0.25) is 0 Å². The second-order valence-corrected chi connectivity index (χ2v) is 9.02. The summed E-state index contributed by atoms with van der Waals surface area (Å²) in [5.41, 5.74) is 11.4. The van der Waals surface area contributed by atoms with Crippen LogP contribution in [0.2, 0.25) is 0 Å². The normalized spacial score (nSPS) is 12.8. The molecule has 5 aromatic carbocycles. The summed E-state index contributed by atoms with van der Waals surface area (Å²) in [6.07, 6.45) is 0. The number of aryl methyl sites for hydroxylation is 1. The van der Waals surface area contributed by atoms with E-state index in [4.69, 9.17) is 4.74 Å². The highest BCUT2D eigenvalue weighted by atomic mass is 16.5. The van der Waals surface area contributed by atoms with E-state index in [-0.39, 0.29) is 0 Å². The minimum atomic E-state index is 0.840. The summed E-state index contributed by atoms with van der Waals surface area (Å²) in [6.45, 7) is 2.17. The number of nitrogens with zero attached hydrogens (tertiary/aromatic N) is 1. The monoisotopic (exact) mass is 449 g/mol. The molecule has 3 nitrogen and oxygen atoms in total. The molecule has 0 fully saturated rings. The van der Waals surface area contributed by atoms with Crippen molar-refractivity contribution in [3.8, 4) is 22.6 Å². The third-order valence-electron chi connectivity index (χ3n) is 6.72. The van der Waals surface area contributed by atoms with Gasteiger partial charge in [0.15, 0.2) is 18.8 Å². The van der Waals surface area contributed by atoms with Crippen LogP contribution < -0.4 is 25.9 Å². The zero-order chi connectivity index (χ0) is 23.4. The van der Waals surface area contributed by atoms with Gasteiger partial charge in [-0.25, -0.2) is 0 Å². The van der Waals surface area contributed by atoms with Crippen LogP contribution in [0.5, 0.6) is 11.5 Å². The molecule has 0 bridgehead atoms. The molecular formula is C31H22BN2O. The van der Waals surface area contributed by atoms with Crippen molar-refractivity contribution in [3.05, 3.63) is 115 Å². The topological polar surface area (TPSA) is 24.5 Å². The van der Waals surface area contributed by atoms with Gasteiger partial charge in [-0.2, -0.15) is 0 Å². The predicted molar refractivity (Wildman–Crippen MR) is 146 cm³/mol. The summed E-state index contributed by atoms with van der Waals surface area (Å²) in [6, 6.07) is 38.1. The zero-order valence-electron chi connectivity index (χ0n) is 19.3. The van der Waals surface area contributed by atoms with Gasteiger partial charge in [-0.3, -0.25) is 0 Å². The number of ether oxygens (including phenoxy) is 1. The molecule has 0 unspecified atom stereocenters. The number of nitrogens with one attached hydrogen (secondary N) is 1. The number of fused-ring (bicyclic) bond motifs is 4. The van der Waals surface area contributed by atoms with Crippen molar-refractivity contribution < 1.29 is 4.74 Å². The van der Waals surface area contributed by atoms with Crippen molar-refractivity contribution in [2.75, 3.05) is 10.2 Å². The molecule has 2 heterocycles. The summed E-state index contributed by atoms with van der Waals surface area (Å²) < 4.78 is 6.28. The lowest BCUT2D eigenvalue weighted by molar-refractivity contribution is 0.481. The van der Waals surface area contributed by atoms with Crippen LogP contribution in [-0.4, -0.2) is 7.28 Å². The van der Waals surface area contributed by atoms with Crippen molar-refractivity contribution in [1.29, 1.82) is 0 Å². The second kappa shape index (κ2) is 7.81. The number of hydrogen-bond donors (Lipinski definition) is 1. The molecule has 0 saturated heterocycles. The Kier molecular flexibility index (Phi) is 4.46. The molecule has 165 valence electrons. The average molecular weight is 449 g/mol. The molecular weight excluding hydrogens is 427 g/mol. The van der Waals surface area contributed by atoms with Crippen LogP contribution in [0.3, 0.4) is 0 Å². The first-order chi connectivity index (χ1) is 17.3. The van der Waals surface area contributed by atoms with E-state index in [1.807, 2.05) is 24.3 Å². The van der Waals surface area contributed by atoms with Crippen LogP contribution in [-0.2, 0) is 0 Å². The van der Waals surface area contributed by atoms with Gasteiger partial charge in [-0.15, -0.1) is 0 Å². The highest BCUT2D eigenvalue weighted by Gasteiger charge is 2.29. The minimum Gasteiger partial charge on any atom is -0.453 e. The van der Waals surface area contributed by atoms with E-state index in [0.717, 1.165) is 34.1 Å². The third kappa shape index (κ3) is 3.22. The molecule has 0 spiro atoms. The fraction of sp³-hybridized carbons (Fsp3) is 0.0323. The number of rotatable bonds is 2. The first-order valence-electron chi connectivity index (χ1n) is 11.9. The van der Waals surface area contributed by atoms with Gasteiger partial charge in [0, 0.05) is 22.6 Å². The number of benzene rings is 5. The highest BCUT2D eigenvalue weighted by Crippen LogP contribution is 2.47. The van der Waals surface area contributed by atoms with Crippen molar-refractivity contribution in [2.24, 2.45) is 0 Å². The van der Waals surface area contributed by atoms with E-state index in [2.05, 4.69) is 109 Å². The van der Waals surface area contributed by atoms with Crippen molar-refractivity contribution in [1.82, 2.24) is 0 Å². The van der Waals surface area contributed by atoms with E-state index in [0.29, 0.717) is 0 Å². The molecule has 0 amide bonds. The van der Waals surface area contributed by atoms with Gasteiger partial charge >= 0.3 is 0 Å². The van der Waals surface area contributed by atoms with Gasteiger partial charge in [0.25, 0.3) is 0 Å². The molecule has 35 heavy (non-hydrogen) atoms. The molecule has 7 rings (SSSR count). The first-order valence-corrected chi connectivity index (χ1v) is 11.9. The molecule has 2 aliphatic rings. The van der Waals surface area contributed by atoms with E-state index in [1.165, 1.54) is 33.4 Å². The van der Waals surface area contributed by atoms with E-state index >= 15 is 0 Å². The molecule has 2 aliphatic heterocycles. The maximum absolute atomic E-state index is 6.28. The first kappa shape index (κ1) is 20.0. The summed E-state index contributed by atoms with van der Waals surface area (Å²) >= 11 is 0. The average Bonchev–Trinajstić information content (AvgIpc) is 2.90. The molecule has 0 saturated carbocycles. The van der Waals surface area contributed by atoms with E-state index in [9.17, 15) is 0 Å². The fourth-order valence-corrected chi connectivity index (χ4v) is 5.17. The van der Waals surface area contributed by atoms with Crippen LogP contribution in [0.15, 0.2) is 109 Å². The van der Waals surface area contributed by atoms with Crippen molar-refractivity contribution >= 4 is 46.6 Å². The lowest BCUT2D eigenvalue weighted by Crippen LogP contribution is -2.41. The lowest BCUT2D eigenvalue weighted by atomic mass is 9.58. The number of para-hydroxylation sites is 5. The fourth-order valence-electron chi connectivity index (χ4n) is 5.17. The molecule has 1 N–H and O–H groups in total. The van der Waals surface area contributed by atoms with Gasteiger partial charge in [-0.05, 0) is 66.0 Å². The molecule has 0 atom stereocenters. The Morgan fingerprint density at radius 2 is 1.46 bits per heavy atom. The van der Waals surface area contributed by atoms with Crippen LogP contribution in [0.1, 0.15) is 5.56 Å². The Labute approximate surface area is 205 Å². The lowest BCUT2D eigenvalue weighted by Gasteiger charge is -2.35. The van der Waals surface area contributed by atoms with Gasteiger partial charge in [-0.1, -0.05) is 72.2 Å². The van der Waals surface area contributed by atoms with Crippen LogP contribution in [0.4, 0.5) is 28.4 Å². The molecule has 1 radical (unpaired) electrons. The van der Waals surface area contributed by atoms with E-state index < -0.39 is 0 Å². The predicted octanol–water partition coefficient (Wildman–Crippen LogP) is 6.95. The minimum absolute atomic E-state index is 0.840. The summed E-state index contributed by atoms with van der Waals surface area (Å²) in [5, 5.41) is 3.64. The number of hydrogen-bond acceptors (Lipinski definition) is 3. The Balaban J connectivity index is 1.46. The van der Waals surface area contributed by atoms with Crippen molar-refractivity contribution in [3.63, 3.8) is 0 Å². The van der Waals surface area contributed by atoms with Crippen LogP contribution >= 0.6 is 0 Å². The largest absolute Gasteiger partial charge is 0.453 e. The van der Waals surface area contributed by atoms with Gasteiger partial charge in [0.05, 0.1) is 11.4 Å². The van der Waals surface area contributed by atoms with Gasteiger partial charge in [0.1, 0.15) is 0 Å². The molecule has 4 heteroatoms. The molecule has 5 aromatic rings. The molecule has 0 aliphatic carbocycles. The SMILES string of the molecule is Cc1cc(-c2cccc3c2Nc2ccccc2O3)c2c(c1)N(c1ccccc1)c1ccccc1[B]2. The smallest absolute Gasteiger partial charge is 0.197 e. The van der Waals surface area contributed by atoms with Crippen LogP contribution in [0.25, 0.3) is 11.1 Å². The van der Waals surface area contributed by atoms with Crippen molar-refractivity contribution in [2.45, 2.75) is 6.92 Å². The Hall–Kier alpha value is -4.44.